The first kappa shape index (κ1) is 12.8. The molecule has 1 aliphatic carbocycles. The van der Waals surface area contributed by atoms with Crippen molar-refractivity contribution in [2.45, 2.75) is 32.2 Å². The van der Waals surface area contributed by atoms with Crippen LogP contribution in [0.25, 0.3) is 10.4 Å². The van der Waals surface area contributed by atoms with Gasteiger partial charge in [-0.25, -0.2) is 0 Å². The summed E-state index contributed by atoms with van der Waals surface area (Å²) < 4.78 is 4.83. The Kier molecular flexibility index (Phi) is 3.78. The highest BCUT2D eigenvalue weighted by atomic mass is 16.5. The van der Waals surface area contributed by atoms with Gasteiger partial charge in [0.25, 0.3) is 0 Å². The minimum absolute atomic E-state index is 0.0452. The Labute approximate surface area is 95.0 Å². The highest BCUT2D eigenvalue weighted by Gasteiger charge is 2.57. The van der Waals surface area contributed by atoms with Crippen LogP contribution in [0, 0.1) is 5.41 Å². The van der Waals surface area contributed by atoms with Crippen molar-refractivity contribution in [2.24, 2.45) is 10.5 Å². The van der Waals surface area contributed by atoms with Gasteiger partial charge in [0.1, 0.15) is 5.54 Å². The van der Waals surface area contributed by atoms with Crippen LogP contribution < -0.4 is 5.32 Å². The van der Waals surface area contributed by atoms with Crippen molar-refractivity contribution in [3.8, 4) is 0 Å². The normalized spacial score (nSPS) is 20.4. The fourth-order valence-corrected chi connectivity index (χ4v) is 1.82. The van der Waals surface area contributed by atoms with Crippen molar-refractivity contribution in [1.82, 2.24) is 5.32 Å². The number of nitrogens with one attached hydrogen (secondary N) is 1. The van der Waals surface area contributed by atoms with Crippen LogP contribution in [0.3, 0.4) is 0 Å². The number of azide groups is 1. The van der Waals surface area contributed by atoms with Gasteiger partial charge in [-0.15, -0.1) is 0 Å². The summed E-state index contributed by atoms with van der Waals surface area (Å²) in [6, 6.07) is 0. The molecule has 90 valence electrons. The summed E-state index contributed by atoms with van der Waals surface area (Å²) in [5.74, 6) is -0.256. The van der Waals surface area contributed by atoms with E-state index in [-0.39, 0.29) is 11.4 Å². The van der Waals surface area contributed by atoms with Crippen LogP contribution in [0.1, 0.15) is 26.7 Å². The van der Waals surface area contributed by atoms with Gasteiger partial charge in [0.05, 0.1) is 7.11 Å². The molecule has 1 unspecified atom stereocenters. The van der Waals surface area contributed by atoms with Gasteiger partial charge in [-0.1, -0.05) is 12.0 Å². The molecular formula is C10H18N4O2. The second kappa shape index (κ2) is 4.72. The Morgan fingerprint density at radius 1 is 1.69 bits per heavy atom. The summed E-state index contributed by atoms with van der Waals surface area (Å²) >= 11 is 0. The molecule has 1 N–H and O–H groups in total. The van der Waals surface area contributed by atoms with E-state index < -0.39 is 5.54 Å². The molecule has 6 heteroatoms. The van der Waals surface area contributed by atoms with Gasteiger partial charge in [-0.3, -0.25) is 4.79 Å². The predicted octanol–water partition coefficient (Wildman–Crippen LogP) is 1.62. The van der Waals surface area contributed by atoms with Crippen molar-refractivity contribution < 1.29 is 9.53 Å². The molecule has 0 aromatic heterocycles. The molecule has 0 bridgehead atoms. The summed E-state index contributed by atoms with van der Waals surface area (Å²) in [5, 5.41) is 6.57. The van der Waals surface area contributed by atoms with Gasteiger partial charge in [0, 0.05) is 18.0 Å². The summed E-state index contributed by atoms with van der Waals surface area (Å²) in [4.78, 5) is 14.5. The van der Waals surface area contributed by atoms with Crippen molar-refractivity contribution in [3.05, 3.63) is 10.4 Å². The number of carbonyl (C=O) groups excluding carboxylic acids is 1. The van der Waals surface area contributed by atoms with Gasteiger partial charge in [0.15, 0.2) is 0 Å². The number of nitrogens with zero attached hydrogens (tertiary/aromatic N) is 3. The Morgan fingerprint density at radius 2 is 2.31 bits per heavy atom. The maximum absolute atomic E-state index is 11.8. The molecule has 0 aliphatic heterocycles. The van der Waals surface area contributed by atoms with E-state index in [0.717, 1.165) is 12.8 Å². The Morgan fingerprint density at radius 3 is 2.75 bits per heavy atom. The van der Waals surface area contributed by atoms with Crippen LogP contribution in [0.15, 0.2) is 5.11 Å². The molecule has 1 saturated carbocycles. The third kappa shape index (κ3) is 2.28. The fraction of sp³-hybridized carbons (Fsp3) is 0.900. The lowest BCUT2D eigenvalue weighted by Gasteiger charge is -2.34. The Balaban J connectivity index is 2.64. The van der Waals surface area contributed by atoms with E-state index in [9.17, 15) is 4.79 Å². The van der Waals surface area contributed by atoms with E-state index in [0.29, 0.717) is 13.1 Å². The van der Waals surface area contributed by atoms with Crippen LogP contribution in [-0.2, 0) is 9.53 Å². The molecule has 0 radical (unpaired) electrons. The topological polar surface area (TPSA) is 87.1 Å². The quantitative estimate of drug-likeness (QED) is 0.245. The zero-order chi connectivity index (χ0) is 12.2. The number of carbonyl (C=O) groups is 1. The van der Waals surface area contributed by atoms with E-state index in [4.69, 9.17) is 10.3 Å². The molecule has 0 spiro atoms. The lowest BCUT2D eigenvalue weighted by molar-refractivity contribution is -0.150. The maximum atomic E-state index is 11.8. The van der Waals surface area contributed by atoms with Crippen molar-refractivity contribution in [3.63, 3.8) is 0 Å². The minimum Gasteiger partial charge on any atom is -0.468 e. The lowest BCUT2D eigenvalue weighted by atomic mass is 9.83. The summed E-state index contributed by atoms with van der Waals surface area (Å²) in [6.45, 7) is 4.72. The average molecular weight is 226 g/mol. The molecule has 6 nitrogen and oxygen atoms in total. The molecule has 0 aromatic carbocycles. The lowest BCUT2D eigenvalue weighted by Crippen LogP contribution is -2.56. The number of ether oxygens (including phenoxy) is 1. The standard InChI is InChI=1S/C10H18N4O2/c1-9(4-5-9)10(2,8(15)16-3)12-6-7-13-14-11/h12H,4-7H2,1-3H3. The molecule has 0 saturated heterocycles. The van der Waals surface area contributed by atoms with E-state index in [1.165, 1.54) is 7.11 Å². The monoisotopic (exact) mass is 226 g/mol. The summed E-state index contributed by atoms with van der Waals surface area (Å²) in [6.07, 6.45) is 2.01. The van der Waals surface area contributed by atoms with Crippen molar-refractivity contribution in [2.75, 3.05) is 20.2 Å². The highest BCUT2D eigenvalue weighted by molar-refractivity contribution is 5.82. The van der Waals surface area contributed by atoms with Gasteiger partial charge in [-0.2, -0.15) is 0 Å². The zero-order valence-electron chi connectivity index (χ0n) is 9.99. The average Bonchev–Trinajstić information content (AvgIpc) is 3.02. The van der Waals surface area contributed by atoms with E-state index in [1.807, 2.05) is 6.92 Å². The van der Waals surface area contributed by atoms with Crippen LogP contribution in [-0.4, -0.2) is 31.7 Å². The Hall–Kier alpha value is -1.26. The first-order valence-electron chi connectivity index (χ1n) is 5.34. The number of hydrogen-bond acceptors (Lipinski definition) is 4. The molecule has 1 rings (SSSR count). The number of hydrogen-bond donors (Lipinski definition) is 1. The first-order valence-corrected chi connectivity index (χ1v) is 5.34. The van der Waals surface area contributed by atoms with Gasteiger partial charge >= 0.3 is 5.97 Å². The molecule has 1 fully saturated rings. The van der Waals surface area contributed by atoms with E-state index >= 15 is 0 Å². The second-order valence-electron chi connectivity index (χ2n) is 4.56. The molecule has 0 heterocycles. The summed E-state index contributed by atoms with van der Waals surface area (Å²) in [5.41, 5.74) is 7.43. The Bertz CT molecular complexity index is 321. The number of esters is 1. The van der Waals surface area contributed by atoms with E-state index in [2.05, 4.69) is 22.3 Å². The molecule has 0 amide bonds. The van der Waals surface area contributed by atoms with Crippen LogP contribution in [0.4, 0.5) is 0 Å². The molecule has 0 aromatic rings. The second-order valence-corrected chi connectivity index (χ2v) is 4.56. The largest absolute Gasteiger partial charge is 0.468 e. The SMILES string of the molecule is COC(=O)C(C)(NCCN=[N+]=[N-])C1(C)CC1. The van der Waals surface area contributed by atoms with Crippen molar-refractivity contribution >= 4 is 5.97 Å². The van der Waals surface area contributed by atoms with Gasteiger partial charge in [-0.05, 0) is 30.7 Å². The van der Waals surface area contributed by atoms with Gasteiger partial charge in [0.2, 0.25) is 0 Å². The third-order valence-electron chi connectivity index (χ3n) is 3.55. The fourth-order valence-electron chi connectivity index (χ4n) is 1.82. The number of methoxy groups -OCH3 is 1. The summed E-state index contributed by atoms with van der Waals surface area (Å²) in [7, 11) is 1.39. The minimum atomic E-state index is -0.688. The predicted molar refractivity (Wildman–Crippen MR) is 59.8 cm³/mol. The molecule has 1 aliphatic rings. The van der Waals surface area contributed by atoms with Crippen LogP contribution >= 0.6 is 0 Å². The molecule has 1 atom stereocenters. The zero-order valence-corrected chi connectivity index (χ0v) is 9.99. The van der Waals surface area contributed by atoms with Crippen molar-refractivity contribution in [1.29, 1.82) is 0 Å². The van der Waals surface area contributed by atoms with Crippen LogP contribution in [0.5, 0.6) is 0 Å². The third-order valence-corrected chi connectivity index (χ3v) is 3.55. The number of rotatable bonds is 6. The van der Waals surface area contributed by atoms with E-state index in [1.54, 1.807) is 0 Å². The maximum Gasteiger partial charge on any atom is 0.326 e. The highest BCUT2D eigenvalue weighted by Crippen LogP contribution is 2.53. The smallest absolute Gasteiger partial charge is 0.326 e. The molecule has 16 heavy (non-hydrogen) atoms. The van der Waals surface area contributed by atoms with Gasteiger partial charge < -0.3 is 10.1 Å². The molecular weight excluding hydrogens is 208 g/mol. The van der Waals surface area contributed by atoms with Crippen LogP contribution in [0.2, 0.25) is 0 Å². The first-order chi connectivity index (χ1) is 7.50.